The number of methoxy groups -OCH3 is 1. The van der Waals surface area contributed by atoms with E-state index in [1.165, 1.54) is 19.2 Å². The standard InChI is InChI=1S/C31H37F3N4O5/c1-42-28(40)37-15-10-26(11-16-37)35-27(39)24-6-2-23(3-7-24)21-38-19-14-30(43-29(38)41)12-17-36(18-13-30)20-22-4-8-25(9-5-22)31(32,33)34/h2-9,26H,10-21H2,1H3,(H,35,39). The van der Waals surface area contributed by atoms with Gasteiger partial charge in [-0.15, -0.1) is 0 Å². The summed E-state index contributed by atoms with van der Waals surface area (Å²) in [5.74, 6) is -0.174. The minimum atomic E-state index is -4.34. The first kappa shape index (κ1) is 30.7. The average Bonchev–Trinajstić information content (AvgIpc) is 3.00. The Kier molecular flexibility index (Phi) is 9.14. The molecule has 3 aliphatic rings. The zero-order valence-corrected chi connectivity index (χ0v) is 24.2. The summed E-state index contributed by atoms with van der Waals surface area (Å²) in [5, 5.41) is 3.03. The van der Waals surface area contributed by atoms with Crippen LogP contribution in [0.15, 0.2) is 48.5 Å². The monoisotopic (exact) mass is 602 g/mol. The lowest BCUT2D eigenvalue weighted by molar-refractivity contribution is -0.137. The maximum absolute atomic E-state index is 12.9. The Balaban J connectivity index is 1.05. The second kappa shape index (κ2) is 12.8. The smallest absolute Gasteiger partial charge is 0.416 e. The Bertz CT molecular complexity index is 1290. The molecular formula is C31H37F3N4O5. The number of piperidine rings is 2. The molecule has 0 aliphatic carbocycles. The molecule has 3 heterocycles. The van der Waals surface area contributed by atoms with E-state index in [0.717, 1.165) is 23.3 Å². The van der Waals surface area contributed by atoms with Crippen LogP contribution >= 0.6 is 0 Å². The van der Waals surface area contributed by atoms with E-state index in [4.69, 9.17) is 9.47 Å². The summed E-state index contributed by atoms with van der Waals surface area (Å²) in [5.41, 5.74) is 1.07. The first-order valence-corrected chi connectivity index (χ1v) is 14.6. The largest absolute Gasteiger partial charge is 0.453 e. The Hall–Kier alpha value is -3.80. The molecule has 1 spiro atoms. The third-order valence-corrected chi connectivity index (χ3v) is 8.71. The average molecular weight is 603 g/mol. The minimum absolute atomic E-state index is 0.0137. The first-order valence-electron chi connectivity index (χ1n) is 14.6. The van der Waals surface area contributed by atoms with Crippen LogP contribution < -0.4 is 5.32 Å². The van der Waals surface area contributed by atoms with Gasteiger partial charge >= 0.3 is 18.4 Å². The molecule has 9 nitrogen and oxygen atoms in total. The SMILES string of the molecule is COC(=O)N1CCC(NC(=O)c2ccc(CN3CCC4(CCN(Cc5ccc(C(F)(F)F)cc5)CC4)OC3=O)cc2)CC1. The Morgan fingerprint density at radius 3 is 2.07 bits per heavy atom. The van der Waals surface area contributed by atoms with Crippen molar-refractivity contribution in [1.82, 2.24) is 20.0 Å². The molecule has 2 aromatic rings. The molecule has 3 fully saturated rings. The molecule has 0 aromatic heterocycles. The van der Waals surface area contributed by atoms with Gasteiger partial charge in [-0.2, -0.15) is 13.2 Å². The lowest BCUT2D eigenvalue weighted by atomic mass is 9.86. The van der Waals surface area contributed by atoms with Crippen LogP contribution in [0.3, 0.4) is 0 Å². The van der Waals surface area contributed by atoms with Crippen molar-refractivity contribution in [3.05, 3.63) is 70.8 Å². The number of hydrogen-bond donors (Lipinski definition) is 1. The number of likely N-dealkylation sites (tertiary alicyclic amines) is 2. The lowest BCUT2D eigenvalue weighted by Crippen LogP contribution is -2.54. The molecule has 0 atom stereocenters. The summed E-state index contributed by atoms with van der Waals surface area (Å²) in [6.07, 6.45) is -1.67. The number of benzene rings is 2. The zero-order valence-electron chi connectivity index (χ0n) is 24.2. The molecule has 5 rings (SSSR count). The highest BCUT2D eigenvalue weighted by Gasteiger charge is 2.43. The number of amides is 3. The topological polar surface area (TPSA) is 91.4 Å². The van der Waals surface area contributed by atoms with Gasteiger partial charge in [-0.1, -0.05) is 24.3 Å². The summed E-state index contributed by atoms with van der Waals surface area (Å²) in [7, 11) is 1.36. The number of nitrogens with one attached hydrogen (secondary N) is 1. The summed E-state index contributed by atoms with van der Waals surface area (Å²) in [6.45, 7) is 3.95. The van der Waals surface area contributed by atoms with E-state index in [0.29, 0.717) is 83.5 Å². The second-order valence-corrected chi connectivity index (χ2v) is 11.6. The van der Waals surface area contributed by atoms with Crippen LogP contribution in [0.1, 0.15) is 59.2 Å². The Labute approximate surface area is 248 Å². The van der Waals surface area contributed by atoms with Gasteiger partial charge in [0, 0.05) is 76.7 Å². The third kappa shape index (κ3) is 7.59. The van der Waals surface area contributed by atoms with Gasteiger partial charge < -0.3 is 24.6 Å². The van der Waals surface area contributed by atoms with Gasteiger partial charge in [0.2, 0.25) is 0 Å². The molecule has 3 saturated heterocycles. The predicted molar refractivity (Wildman–Crippen MR) is 151 cm³/mol. The highest BCUT2D eigenvalue weighted by atomic mass is 19.4. The van der Waals surface area contributed by atoms with Crippen molar-refractivity contribution in [3.63, 3.8) is 0 Å². The third-order valence-electron chi connectivity index (χ3n) is 8.71. The number of rotatable bonds is 6. The Morgan fingerprint density at radius 1 is 0.907 bits per heavy atom. The molecule has 2 aromatic carbocycles. The highest BCUT2D eigenvalue weighted by molar-refractivity contribution is 5.94. The van der Waals surface area contributed by atoms with E-state index in [1.807, 2.05) is 12.1 Å². The fraction of sp³-hybridized carbons (Fsp3) is 0.516. The van der Waals surface area contributed by atoms with Crippen molar-refractivity contribution in [3.8, 4) is 0 Å². The van der Waals surface area contributed by atoms with E-state index < -0.39 is 17.3 Å². The van der Waals surface area contributed by atoms with Gasteiger partial charge in [0.1, 0.15) is 5.60 Å². The molecule has 12 heteroatoms. The van der Waals surface area contributed by atoms with Crippen LogP contribution in [0.5, 0.6) is 0 Å². The molecule has 232 valence electrons. The molecule has 0 radical (unpaired) electrons. The molecule has 0 unspecified atom stereocenters. The van der Waals surface area contributed by atoms with Gasteiger partial charge in [0.25, 0.3) is 5.91 Å². The number of carbonyl (C=O) groups is 3. The zero-order chi connectivity index (χ0) is 30.6. The number of carbonyl (C=O) groups excluding carboxylic acids is 3. The number of halogens is 3. The van der Waals surface area contributed by atoms with Crippen molar-refractivity contribution >= 4 is 18.1 Å². The summed E-state index contributed by atoms with van der Waals surface area (Å²) in [4.78, 5) is 42.8. The quantitative estimate of drug-likeness (QED) is 0.498. The van der Waals surface area contributed by atoms with E-state index >= 15 is 0 Å². The summed E-state index contributed by atoms with van der Waals surface area (Å²) < 4.78 is 49.2. The number of nitrogens with zero attached hydrogens (tertiary/aromatic N) is 3. The van der Waals surface area contributed by atoms with Crippen molar-refractivity contribution < 1.29 is 37.0 Å². The predicted octanol–water partition coefficient (Wildman–Crippen LogP) is 5.04. The molecule has 3 aliphatic heterocycles. The summed E-state index contributed by atoms with van der Waals surface area (Å²) in [6, 6.07) is 12.4. The molecule has 43 heavy (non-hydrogen) atoms. The maximum Gasteiger partial charge on any atom is 0.416 e. The van der Waals surface area contributed by atoms with Crippen LogP contribution in [0, 0.1) is 0 Å². The van der Waals surface area contributed by atoms with Gasteiger partial charge in [-0.25, -0.2) is 9.59 Å². The van der Waals surface area contributed by atoms with Gasteiger partial charge in [-0.05, 0) is 48.2 Å². The van der Waals surface area contributed by atoms with E-state index in [2.05, 4.69) is 10.2 Å². The van der Waals surface area contributed by atoms with Crippen LogP contribution in [0.4, 0.5) is 22.8 Å². The summed E-state index contributed by atoms with van der Waals surface area (Å²) >= 11 is 0. The van der Waals surface area contributed by atoms with Gasteiger partial charge in [0.15, 0.2) is 0 Å². The van der Waals surface area contributed by atoms with Gasteiger partial charge in [0.05, 0.1) is 12.7 Å². The second-order valence-electron chi connectivity index (χ2n) is 11.6. The van der Waals surface area contributed by atoms with Crippen LogP contribution in [-0.2, 0) is 28.7 Å². The molecule has 0 bridgehead atoms. The van der Waals surface area contributed by atoms with Gasteiger partial charge in [-0.3, -0.25) is 9.69 Å². The molecule has 3 amide bonds. The van der Waals surface area contributed by atoms with Crippen LogP contribution in [-0.4, -0.2) is 84.3 Å². The lowest BCUT2D eigenvalue weighted by Gasteiger charge is -2.46. The fourth-order valence-electron chi connectivity index (χ4n) is 5.99. The Morgan fingerprint density at radius 2 is 1.49 bits per heavy atom. The number of alkyl halides is 3. The fourth-order valence-corrected chi connectivity index (χ4v) is 5.99. The van der Waals surface area contributed by atoms with Crippen molar-refractivity contribution in [2.24, 2.45) is 0 Å². The number of ether oxygens (including phenoxy) is 2. The van der Waals surface area contributed by atoms with E-state index in [1.54, 1.807) is 21.9 Å². The van der Waals surface area contributed by atoms with E-state index in [9.17, 15) is 27.6 Å². The molecular weight excluding hydrogens is 565 g/mol. The molecule has 1 N–H and O–H groups in total. The minimum Gasteiger partial charge on any atom is -0.453 e. The van der Waals surface area contributed by atoms with Crippen LogP contribution in [0.25, 0.3) is 0 Å². The number of hydrogen-bond acceptors (Lipinski definition) is 6. The van der Waals surface area contributed by atoms with Crippen molar-refractivity contribution in [1.29, 1.82) is 0 Å². The normalized spacial score (nSPS) is 19.7. The van der Waals surface area contributed by atoms with Crippen molar-refractivity contribution in [2.75, 3.05) is 39.8 Å². The maximum atomic E-state index is 12.9. The first-order chi connectivity index (χ1) is 20.5. The van der Waals surface area contributed by atoms with Crippen molar-refractivity contribution in [2.45, 2.75) is 63.0 Å². The van der Waals surface area contributed by atoms with Crippen LogP contribution in [0.2, 0.25) is 0 Å². The highest BCUT2D eigenvalue weighted by Crippen LogP contribution is 2.35. The van der Waals surface area contributed by atoms with E-state index in [-0.39, 0.29) is 24.1 Å². The molecule has 0 saturated carbocycles.